The first kappa shape index (κ1) is 14.8. The maximum atomic E-state index is 11.2. The molecule has 0 heterocycles. The third-order valence-electron chi connectivity index (χ3n) is 2.86. The number of nitro groups is 1. The summed E-state index contributed by atoms with van der Waals surface area (Å²) in [5.74, 6) is -1.06. The number of nitro benzene ring substituents is 1. The van der Waals surface area contributed by atoms with Crippen molar-refractivity contribution >= 4 is 23.3 Å². The number of halogens is 1. The lowest BCUT2D eigenvalue weighted by Crippen LogP contribution is -2.01. The molecule has 2 aromatic carbocycles. The summed E-state index contributed by atoms with van der Waals surface area (Å²) in [6.45, 7) is 1.52. The number of nitrogens with zero attached hydrogens (tertiary/aromatic N) is 1. The molecule has 21 heavy (non-hydrogen) atoms. The van der Waals surface area contributed by atoms with E-state index in [0.717, 1.165) is 0 Å². The van der Waals surface area contributed by atoms with Gasteiger partial charge in [0.05, 0.1) is 15.5 Å². The van der Waals surface area contributed by atoms with Crippen molar-refractivity contribution in [2.45, 2.75) is 6.92 Å². The molecule has 0 aliphatic heterocycles. The van der Waals surface area contributed by atoms with Gasteiger partial charge in [-0.2, -0.15) is 0 Å². The van der Waals surface area contributed by atoms with Crippen LogP contribution in [0.5, 0.6) is 11.5 Å². The van der Waals surface area contributed by atoms with E-state index in [4.69, 9.17) is 21.4 Å². The van der Waals surface area contributed by atoms with E-state index < -0.39 is 10.9 Å². The van der Waals surface area contributed by atoms with E-state index in [0.29, 0.717) is 5.56 Å². The van der Waals surface area contributed by atoms with Gasteiger partial charge < -0.3 is 9.84 Å². The van der Waals surface area contributed by atoms with Crippen LogP contribution < -0.4 is 4.74 Å². The zero-order valence-corrected chi connectivity index (χ0v) is 11.6. The Morgan fingerprint density at radius 2 is 1.95 bits per heavy atom. The van der Waals surface area contributed by atoms with Gasteiger partial charge in [-0.15, -0.1) is 0 Å². The fourth-order valence-corrected chi connectivity index (χ4v) is 2.02. The van der Waals surface area contributed by atoms with Crippen LogP contribution in [0.25, 0.3) is 0 Å². The molecule has 0 radical (unpaired) electrons. The first-order chi connectivity index (χ1) is 9.91. The lowest BCUT2D eigenvalue weighted by Gasteiger charge is -2.12. The Bertz CT molecular complexity index is 729. The molecule has 0 unspecified atom stereocenters. The molecule has 0 aliphatic carbocycles. The summed E-state index contributed by atoms with van der Waals surface area (Å²) in [7, 11) is 0. The minimum atomic E-state index is -1.20. The number of rotatable bonds is 4. The van der Waals surface area contributed by atoms with Crippen LogP contribution in [0, 0.1) is 17.0 Å². The van der Waals surface area contributed by atoms with E-state index in [1.54, 1.807) is 0 Å². The number of hydrogen-bond donors (Lipinski definition) is 1. The summed E-state index contributed by atoms with van der Waals surface area (Å²) < 4.78 is 5.51. The summed E-state index contributed by atoms with van der Waals surface area (Å²) in [6, 6.07) is 8.62. The molecule has 0 saturated carbocycles. The second-order valence-electron chi connectivity index (χ2n) is 4.18. The Balaban J connectivity index is 2.51. The monoisotopic (exact) mass is 307 g/mol. The molecule has 0 fully saturated rings. The van der Waals surface area contributed by atoms with Crippen molar-refractivity contribution in [2.75, 3.05) is 0 Å². The SMILES string of the molecule is Cc1c(Oc2c(Cl)cccc2C(=O)O)cccc1[N+](=O)[O-]. The number of carboxylic acids is 1. The molecule has 1 N–H and O–H groups in total. The van der Waals surface area contributed by atoms with Crippen LogP contribution in [0.2, 0.25) is 5.02 Å². The highest BCUT2D eigenvalue weighted by Crippen LogP contribution is 2.36. The van der Waals surface area contributed by atoms with Crippen LogP contribution in [0.3, 0.4) is 0 Å². The van der Waals surface area contributed by atoms with Crippen molar-refractivity contribution in [3.8, 4) is 11.5 Å². The molecule has 0 bridgehead atoms. The number of ether oxygens (including phenoxy) is 1. The van der Waals surface area contributed by atoms with E-state index in [2.05, 4.69) is 0 Å². The van der Waals surface area contributed by atoms with Crippen LogP contribution in [-0.2, 0) is 0 Å². The molecule has 6 nitrogen and oxygen atoms in total. The predicted molar refractivity (Wildman–Crippen MR) is 76.3 cm³/mol. The molecule has 0 aliphatic rings. The molecular weight excluding hydrogens is 298 g/mol. The second kappa shape index (κ2) is 5.80. The molecular formula is C14H10ClNO5. The summed E-state index contributed by atoms with van der Waals surface area (Å²) in [5.41, 5.74) is 0.0589. The third-order valence-corrected chi connectivity index (χ3v) is 3.16. The zero-order valence-electron chi connectivity index (χ0n) is 10.9. The second-order valence-corrected chi connectivity index (χ2v) is 4.59. The molecule has 7 heteroatoms. The Hall–Kier alpha value is -2.60. The van der Waals surface area contributed by atoms with Crippen LogP contribution in [0.4, 0.5) is 5.69 Å². The van der Waals surface area contributed by atoms with Gasteiger partial charge >= 0.3 is 5.97 Å². The highest BCUT2D eigenvalue weighted by Gasteiger charge is 2.19. The van der Waals surface area contributed by atoms with Crippen LogP contribution in [-0.4, -0.2) is 16.0 Å². The fourth-order valence-electron chi connectivity index (χ4n) is 1.80. The van der Waals surface area contributed by atoms with Crippen molar-refractivity contribution in [3.63, 3.8) is 0 Å². The Morgan fingerprint density at radius 1 is 1.29 bits per heavy atom. The van der Waals surface area contributed by atoms with Crippen molar-refractivity contribution in [1.82, 2.24) is 0 Å². The predicted octanol–water partition coefficient (Wildman–Crippen LogP) is 4.05. The summed E-state index contributed by atoms with van der Waals surface area (Å²) >= 11 is 5.96. The van der Waals surface area contributed by atoms with Gasteiger partial charge in [0.2, 0.25) is 0 Å². The maximum Gasteiger partial charge on any atom is 0.339 e. The Kier molecular flexibility index (Phi) is 4.09. The number of carbonyl (C=O) groups is 1. The van der Waals surface area contributed by atoms with Crippen molar-refractivity contribution in [3.05, 3.63) is 62.7 Å². The number of aromatic carboxylic acids is 1. The average molecular weight is 308 g/mol. The third kappa shape index (κ3) is 2.95. The van der Waals surface area contributed by atoms with Gasteiger partial charge in [0.15, 0.2) is 5.75 Å². The van der Waals surface area contributed by atoms with E-state index in [9.17, 15) is 14.9 Å². The molecule has 2 aromatic rings. The van der Waals surface area contributed by atoms with Crippen LogP contribution >= 0.6 is 11.6 Å². The molecule has 108 valence electrons. The maximum absolute atomic E-state index is 11.2. The normalized spacial score (nSPS) is 10.2. The molecule has 0 spiro atoms. The molecule has 0 aromatic heterocycles. The number of para-hydroxylation sites is 1. The molecule has 0 saturated heterocycles. The van der Waals surface area contributed by atoms with Gasteiger partial charge in [0.1, 0.15) is 11.3 Å². The van der Waals surface area contributed by atoms with Crippen LogP contribution in [0.1, 0.15) is 15.9 Å². The van der Waals surface area contributed by atoms with Crippen molar-refractivity contribution in [1.29, 1.82) is 0 Å². The van der Waals surface area contributed by atoms with Gasteiger partial charge in [0.25, 0.3) is 5.69 Å². The largest absolute Gasteiger partial charge is 0.478 e. The first-order valence-corrected chi connectivity index (χ1v) is 6.23. The standard InChI is InChI=1S/C14H10ClNO5/c1-8-11(16(19)20)6-3-7-12(8)21-13-9(14(17)18)4-2-5-10(13)15/h2-7H,1H3,(H,17,18). The van der Waals surface area contributed by atoms with E-state index in [1.807, 2.05) is 0 Å². The lowest BCUT2D eigenvalue weighted by atomic mass is 10.1. The number of benzene rings is 2. The van der Waals surface area contributed by atoms with Crippen molar-refractivity contribution in [2.24, 2.45) is 0 Å². The highest BCUT2D eigenvalue weighted by atomic mass is 35.5. The quantitative estimate of drug-likeness (QED) is 0.680. The molecule has 0 amide bonds. The number of hydrogen-bond acceptors (Lipinski definition) is 4. The summed E-state index contributed by atoms with van der Waals surface area (Å²) in [4.78, 5) is 21.5. The van der Waals surface area contributed by atoms with E-state index in [1.165, 1.54) is 43.3 Å². The summed E-state index contributed by atoms with van der Waals surface area (Å²) in [6.07, 6.45) is 0. The Morgan fingerprint density at radius 3 is 2.57 bits per heavy atom. The summed E-state index contributed by atoms with van der Waals surface area (Å²) in [5, 5.41) is 20.1. The molecule has 0 atom stereocenters. The minimum Gasteiger partial charge on any atom is -0.478 e. The topological polar surface area (TPSA) is 89.7 Å². The van der Waals surface area contributed by atoms with Gasteiger partial charge in [-0.3, -0.25) is 10.1 Å². The minimum absolute atomic E-state index is 0.0461. The Labute approximate surface area is 124 Å². The fraction of sp³-hybridized carbons (Fsp3) is 0.0714. The van der Waals surface area contributed by atoms with Gasteiger partial charge in [-0.25, -0.2) is 4.79 Å². The van der Waals surface area contributed by atoms with Crippen molar-refractivity contribution < 1.29 is 19.6 Å². The lowest BCUT2D eigenvalue weighted by molar-refractivity contribution is -0.385. The first-order valence-electron chi connectivity index (χ1n) is 5.85. The van der Waals surface area contributed by atoms with Gasteiger partial charge in [-0.1, -0.05) is 23.7 Å². The molecule has 2 rings (SSSR count). The van der Waals surface area contributed by atoms with Crippen LogP contribution in [0.15, 0.2) is 36.4 Å². The van der Waals surface area contributed by atoms with Gasteiger partial charge in [0, 0.05) is 6.07 Å². The van der Waals surface area contributed by atoms with Gasteiger partial charge in [-0.05, 0) is 25.1 Å². The zero-order chi connectivity index (χ0) is 15.6. The highest BCUT2D eigenvalue weighted by molar-refractivity contribution is 6.32. The van der Waals surface area contributed by atoms with E-state index >= 15 is 0 Å². The number of carboxylic acid groups (broad SMARTS) is 1. The average Bonchev–Trinajstić information content (AvgIpc) is 2.42. The van der Waals surface area contributed by atoms with E-state index in [-0.39, 0.29) is 27.8 Å². The smallest absolute Gasteiger partial charge is 0.339 e.